The Morgan fingerprint density at radius 1 is 1.03 bits per heavy atom. The number of hydrogen-bond acceptors (Lipinski definition) is 16. The van der Waals surface area contributed by atoms with Crippen LogP contribution in [-0.4, -0.2) is 185 Å². The molecule has 1 amide bonds. The molecule has 3 saturated heterocycles. The standard InChI is InChI=1S/C47H81ClN4O13/c1-15-34-47(10,58)38(53)30(6)52(13)25-26(2)23-45(8,57)40(28(4)36(29(5)43(56)63-34)64-35-24-46(9,59-14)39(54)31(7)62-35)65-44-37(33(51(11)12)22-27(3)61-44)60-21-17-20-50-42(55)32-18-16-19-49-41(32)48/h16,18-19,26-31,33-40,44,53-54,57-58H,15,17,20-25H2,1-14H3,(H,50,55)/t26-,27-,28+,29-,30-,31+,33+,34-,35+,36+,37-,38-,39+,40-,44+,45-,46-,47-/m1/s1. The second-order valence-electron chi connectivity index (χ2n) is 20.0. The van der Waals surface area contributed by atoms with Gasteiger partial charge in [-0.05, 0) is 113 Å². The minimum absolute atomic E-state index is 0.112. The Hall–Kier alpha value is -2.10. The fourth-order valence-electron chi connectivity index (χ4n) is 10.0. The van der Waals surface area contributed by atoms with E-state index in [4.69, 9.17) is 44.8 Å². The highest BCUT2D eigenvalue weighted by molar-refractivity contribution is 6.32. The zero-order chi connectivity index (χ0) is 48.8. The van der Waals surface area contributed by atoms with Gasteiger partial charge >= 0.3 is 5.97 Å². The lowest BCUT2D eigenvalue weighted by molar-refractivity contribution is -0.321. The summed E-state index contributed by atoms with van der Waals surface area (Å²) in [6.07, 6.45) is -5.97. The molecule has 17 nitrogen and oxygen atoms in total. The van der Waals surface area contributed by atoms with Gasteiger partial charge in [-0.3, -0.25) is 9.59 Å². The molecule has 1 aromatic rings. The Bertz CT molecular complexity index is 1680. The highest BCUT2D eigenvalue weighted by atomic mass is 35.5. The third-order valence-electron chi connectivity index (χ3n) is 14.1. The number of nitrogens with one attached hydrogen (secondary N) is 1. The van der Waals surface area contributed by atoms with Crippen LogP contribution < -0.4 is 5.32 Å². The molecule has 18 atom stereocenters. The number of rotatable bonds is 13. The predicted octanol–water partition coefficient (Wildman–Crippen LogP) is 3.79. The number of aliphatic hydroxyl groups excluding tert-OH is 2. The summed E-state index contributed by atoms with van der Waals surface area (Å²) in [7, 11) is 7.27. The third kappa shape index (κ3) is 13.6. The van der Waals surface area contributed by atoms with Crippen molar-refractivity contribution in [3.63, 3.8) is 0 Å². The molecule has 5 N–H and O–H groups in total. The SMILES string of the molecule is CC[C@H]1OC(=O)[C@H](C)[C@@H](O[C@H]2C[C@@](C)(OC)[C@@H](O)[C@H](C)O2)[C@H](C)[C@@H](O[C@@H]2O[C@H](C)C[C@H](N(C)C)[C@H]2OCCCNC(=O)c2cccnc2Cl)[C@](C)(O)C[C@@H](C)CN(C)[C@H](C)[C@@H](O)[C@]1(C)O. The zero-order valence-electron chi connectivity index (χ0n) is 41.2. The van der Waals surface area contributed by atoms with Crippen LogP contribution in [0.3, 0.4) is 0 Å². The summed E-state index contributed by atoms with van der Waals surface area (Å²) in [5.74, 6) is -3.04. The topological polar surface area (TPSA) is 211 Å². The lowest BCUT2D eigenvalue weighted by Crippen LogP contribution is -2.61. The number of esters is 1. The van der Waals surface area contributed by atoms with Crippen molar-refractivity contribution < 1.29 is 63.2 Å². The average Bonchev–Trinajstić information content (AvgIpc) is 3.23. The van der Waals surface area contributed by atoms with E-state index in [2.05, 4.69) is 15.2 Å². The Labute approximate surface area is 392 Å². The van der Waals surface area contributed by atoms with Crippen molar-refractivity contribution in [1.29, 1.82) is 0 Å². The molecule has 0 unspecified atom stereocenters. The minimum Gasteiger partial charge on any atom is -0.459 e. The number of halogens is 1. The van der Waals surface area contributed by atoms with Crippen LogP contribution in [0.5, 0.6) is 0 Å². The number of methoxy groups -OCH3 is 1. The van der Waals surface area contributed by atoms with Crippen molar-refractivity contribution in [2.45, 2.75) is 192 Å². The van der Waals surface area contributed by atoms with Crippen LogP contribution in [0.2, 0.25) is 5.15 Å². The summed E-state index contributed by atoms with van der Waals surface area (Å²) in [4.78, 5) is 35.3. The quantitative estimate of drug-likeness (QED) is 0.108. The number of pyridine rings is 1. The summed E-state index contributed by atoms with van der Waals surface area (Å²) >= 11 is 6.15. The molecular formula is C47H81ClN4O13. The van der Waals surface area contributed by atoms with Crippen LogP contribution in [0.1, 0.15) is 112 Å². The van der Waals surface area contributed by atoms with Crippen LogP contribution in [0, 0.1) is 17.8 Å². The number of hydrogen-bond donors (Lipinski definition) is 5. The monoisotopic (exact) mass is 945 g/mol. The number of ether oxygens (including phenoxy) is 7. The molecule has 0 saturated carbocycles. The fourth-order valence-corrected chi connectivity index (χ4v) is 10.3. The highest BCUT2D eigenvalue weighted by Crippen LogP contribution is 2.40. The number of aliphatic hydroxyl groups is 4. The predicted molar refractivity (Wildman–Crippen MR) is 244 cm³/mol. The van der Waals surface area contributed by atoms with E-state index in [1.807, 2.05) is 46.8 Å². The first-order valence-electron chi connectivity index (χ1n) is 23.3. The number of likely N-dealkylation sites (N-methyl/N-ethyl adjacent to an activating group) is 2. The van der Waals surface area contributed by atoms with Crippen molar-refractivity contribution in [3.8, 4) is 0 Å². The maximum absolute atomic E-state index is 14.5. The molecule has 0 bridgehead atoms. The van der Waals surface area contributed by atoms with Gasteiger partial charge in [-0.1, -0.05) is 32.4 Å². The molecule has 4 heterocycles. The van der Waals surface area contributed by atoms with Gasteiger partial charge in [0.05, 0.1) is 47.1 Å². The van der Waals surface area contributed by atoms with Crippen molar-refractivity contribution in [3.05, 3.63) is 29.0 Å². The van der Waals surface area contributed by atoms with E-state index in [0.29, 0.717) is 25.9 Å². The van der Waals surface area contributed by atoms with Crippen LogP contribution in [0.15, 0.2) is 18.3 Å². The summed E-state index contributed by atoms with van der Waals surface area (Å²) in [5.41, 5.74) is -4.20. The van der Waals surface area contributed by atoms with Gasteiger partial charge in [-0.15, -0.1) is 0 Å². The number of carbonyl (C=O) groups excluding carboxylic acids is 2. The van der Waals surface area contributed by atoms with Gasteiger partial charge in [0.2, 0.25) is 0 Å². The second kappa shape index (κ2) is 23.5. The van der Waals surface area contributed by atoms with E-state index in [9.17, 15) is 30.0 Å². The molecule has 0 radical (unpaired) electrons. The van der Waals surface area contributed by atoms with Crippen molar-refractivity contribution in [1.82, 2.24) is 20.1 Å². The minimum atomic E-state index is -1.83. The van der Waals surface area contributed by atoms with Crippen molar-refractivity contribution in [2.75, 3.05) is 47.9 Å². The lowest BCUT2D eigenvalue weighted by Gasteiger charge is -2.49. The summed E-state index contributed by atoms with van der Waals surface area (Å²) in [5, 5.41) is 50.5. The smallest absolute Gasteiger partial charge is 0.311 e. The van der Waals surface area contributed by atoms with E-state index in [1.54, 1.807) is 53.7 Å². The first-order valence-corrected chi connectivity index (χ1v) is 23.7. The van der Waals surface area contributed by atoms with Crippen LogP contribution in [-0.2, 0) is 38.0 Å². The van der Waals surface area contributed by atoms with Gasteiger partial charge in [0.15, 0.2) is 12.6 Å². The van der Waals surface area contributed by atoms with Gasteiger partial charge in [0, 0.05) is 57.4 Å². The fraction of sp³-hybridized carbons (Fsp3) is 0.851. The average molecular weight is 946 g/mol. The molecule has 4 rings (SSSR count). The van der Waals surface area contributed by atoms with E-state index in [-0.39, 0.29) is 60.6 Å². The Balaban J connectivity index is 1.76. The molecule has 0 aromatic carbocycles. The highest BCUT2D eigenvalue weighted by Gasteiger charge is 2.53. The molecule has 3 fully saturated rings. The molecule has 18 heteroatoms. The van der Waals surface area contributed by atoms with Gasteiger partial charge < -0.3 is 68.7 Å². The van der Waals surface area contributed by atoms with Crippen LogP contribution >= 0.6 is 11.6 Å². The van der Waals surface area contributed by atoms with Crippen LogP contribution in [0.25, 0.3) is 0 Å². The summed E-state index contributed by atoms with van der Waals surface area (Å²) < 4.78 is 45.3. The number of carbonyl (C=O) groups is 2. The summed E-state index contributed by atoms with van der Waals surface area (Å²) in [6.45, 7) is 18.7. The van der Waals surface area contributed by atoms with Crippen molar-refractivity contribution >= 4 is 23.5 Å². The molecule has 374 valence electrons. The Morgan fingerprint density at radius 3 is 2.32 bits per heavy atom. The van der Waals surface area contributed by atoms with Gasteiger partial charge in [-0.25, -0.2) is 4.98 Å². The number of nitrogens with zero attached hydrogens (tertiary/aromatic N) is 3. The molecule has 65 heavy (non-hydrogen) atoms. The first-order chi connectivity index (χ1) is 30.3. The number of amides is 1. The number of cyclic esters (lactones) is 1. The van der Waals surface area contributed by atoms with Gasteiger partial charge in [-0.2, -0.15) is 0 Å². The van der Waals surface area contributed by atoms with Gasteiger partial charge in [0.25, 0.3) is 5.91 Å². The maximum atomic E-state index is 14.5. The van der Waals surface area contributed by atoms with E-state index in [0.717, 1.165) is 0 Å². The van der Waals surface area contributed by atoms with Crippen LogP contribution in [0.4, 0.5) is 0 Å². The largest absolute Gasteiger partial charge is 0.459 e. The summed E-state index contributed by atoms with van der Waals surface area (Å²) in [6, 6.07) is 2.51. The van der Waals surface area contributed by atoms with E-state index < -0.39 is 96.0 Å². The van der Waals surface area contributed by atoms with E-state index >= 15 is 0 Å². The molecule has 3 aliphatic rings. The molecular weight excluding hydrogens is 864 g/mol. The molecule has 1 aromatic heterocycles. The third-order valence-corrected chi connectivity index (χ3v) is 14.4. The van der Waals surface area contributed by atoms with Crippen molar-refractivity contribution in [2.24, 2.45) is 17.8 Å². The van der Waals surface area contributed by atoms with E-state index in [1.165, 1.54) is 20.2 Å². The zero-order valence-corrected chi connectivity index (χ0v) is 42.0. The molecule has 0 aliphatic carbocycles. The normalized spacial score (nSPS) is 41.9. The molecule has 3 aliphatic heterocycles. The Morgan fingerprint density at radius 2 is 1.71 bits per heavy atom. The van der Waals surface area contributed by atoms with Gasteiger partial charge in [0.1, 0.15) is 35.2 Å². The second-order valence-corrected chi connectivity index (χ2v) is 20.3. The first kappa shape index (κ1) is 55.5. The lowest BCUT2D eigenvalue weighted by atomic mass is 9.77. The molecule has 0 spiro atoms. The maximum Gasteiger partial charge on any atom is 0.311 e. The Kier molecular flexibility index (Phi) is 20.0. The number of aromatic nitrogens is 1.